The van der Waals surface area contributed by atoms with Crippen molar-refractivity contribution in [2.45, 2.75) is 0 Å². The monoisotopic (exact) mass is 205 g/mol. The number of rotatable bonds is 1. The highest BCUT2D eigenvalue weighted by Gasteiger charge is 2.02. The Kier molecular flexibility index (Phi) is 2.37. The van der Waals surface area contributed by atoms with Gasteiger partial charge in [0.2, 0.25) is 4.80 Å². The Morgan fingerprint density at radius 1 is 1.29 bits per heavy atom. The molecule has 0 radical (unpaired) electrons. The average molecular weight is 205 g/mol. The standard InChI is InChI=1S/C10H11N3S/c1-13-9(7-14-10(13)12-11)8-5-3-2-4-6-8/h2-7H,11H2,1H3/b12-10-. The second kappa shape index (κ2) is 3.67. The van der Waals surface area contributed by atoms with Gasteiger partial charge in [-0.05, 0) is 5.56 Å². The van der Waals surface area contributed by atoms with E-state index in [0.717, 1.165) is 10.5 Å². The number of nitrogens with two attached hydrogens (primary N) is 1. The Hall–Kier alpha value is -1.55. The third-order valence-corrected chi connectivity index (χ3v) is 3.04. The normalized spacial score (nSPS) is 11.9. The molecule has 1 heterocycles. The van der Waals surface area contributed by atoms with E-state index in [9.17, 15) is 0 Å². The molecule has 2 N–H and O–H groups in total. The van der Waals surface area contributed by atoms with Gasteiger partial charge in [0.1, 0.15) is 0 Å². The smallest absolute Gasteiger partial charge is 0.207 e. The highest BCUT2D eigenvalue weighted by atomic mass is 32.1. The number of thiazole rings is 1. The minimum Gasteiger partial charge on any atom is -0.320 e. The molecule has 3 nitrogen and oxygen atoms in total. The first-order valence-corrected chi connectivity index (χ1v) is 5.15. The lowest BCUT2D eigenvalue weighted by Gasteiger charge is -2.01. The molecule has 0 spiro atoms. The quantitative estimate of drug-likeness (QED) is 0.557. The minimum absolute atomic E-state index is 0.823. The maximum absolute atomic E-state index is 5.26. The van der Waals surface area contributed by atoms with Gasteiger partial charge in [0.15, 0.2) is 0 Å². The molecule has 0 aliphatic rings. The number of benzene rings is 1. The molecule has 0 saturated heterocycles. The summed E-state index contributed by atoms with van der Waals surface area (Å²) in [7, 11) is 1.96. The summed E-state index contributed by atoms with van der Waals surface area (Å²) in [6.45, 7) is 0. The van der Waals surface area contributed by atoms with Crippen molar-refractivity contribution < 1.29 is 0 Å². The fraction of sp³-hybridized carbons (Fsp3) is 0.100. The number of hydrogen-bond acceptors (Lipinski definition) is 3. The van der Waals surface area contributed by atoms with Crippen molar-refractivity contribution in [3.8, 4) is 11.3 Å². The van der Waals surface area contributed by atoms with E-state index < -0.39 is 0 Å². The zero-order chi connectivity index (χ0) is 9.97. The summed E-state index contributed by atoms with van der Waals surface area (Å²) in [4.78, 5) is 0.823. The molecule has 1 aromatic carbocycles. The van der Waals surface area contributed by atoms with Gasteiger partial charge in [-0.25, -0.2) is 0 Å². The third-order valence-electron chi connectivity index (χ3n) is 2.10. The Bertz CT molecular complexity index is 482. The lowest BCUT2D eigenvalue weighted by Crippen LogP contribution is -2.13. The molecule has 72 valence electrons. The molecule has 0 fully saturated rings. The summed E-state index contributed by atoms with van der Waals surface area (Å²) >= 11 is 1.54. The first kappa shape index (κ1) is 9.02. The van der Waals surface area contributed by atoms with Gasteiger partial charge in [-0.1, -0.05) is 30.3 Å². The molecule has 0 bridgehead atoms. The van der Waals surface area contributed by atoms with Crippen LogP contribution in [0.1, 0.15) is 0 Å². The Labute approximate surface area is 86.1 Å². The van der Waals surface area contributed by atoms with Crippen LogP contribution in [0.3, 0.4) is 0 Å². The molecule has 2 aromatic rings. The predicted octanol–water partition coefficient (Wildman–Crippen LogP) is 1.53. The van der Waals surface area contributed by atoms with Crippen LogP contribution in [0.2, 0.25) is 0 Å². The van der Waals surface area contributed by atoms with Gasteiger partial charge < -0.3 is 10.4 Å². The van der Waals surface area contributed by atoms with Crippen LogP contribution in [0.15, 0.2) is 40.8 Å². The minimum atomic E-state index is 0.823. The van der Waals surface area contributed by atoms with Gasteiger partial charge in [0, 0.05) is 12.4 Å². The summed E-state index contributed by atoms with van der Waals surface area (Å²) in [6, 6.07) is 10.2. The van der Waals surface area contributed by atoms with E-state index in [4.69, 9.17) is 5.84 Å². The van der Waals surface area contributed by atoms with Crippen LogP contribution in [0, 0.1) is 0 Å². The van der Waals surface area contributed by atoms with Gasteiger partial charge >= 0.3 is 0 Å². The second-order valence-corrected chi connectivity index (χ2v) is 3.79. The van der Waals surface area contributed by atoms with E-state index in [-0.39, 0.29) is 0 Å². The lowest BCUT2D eigenvalue weighted by atomic mass is 10.2. The first-order chi connectivity index (χ1) is 6.83. The highest BCUT2D eigenvalue weighted by Crippen LogP contribution is 2.17. The summed E-state index contributed by atoms with van der Waals surface area (Å²) in [5, 5.41) is 5.75. The third kappa shape index (κ3) is 1.44. The first-order valence-electron chi connectivity index (χ1n) is 4.27. The summed E-state index contributed by atoms with van der Waals surface area (Å²) in [5.74, 6) is 5.26. The van der Waals surface area contributed by atoms with Gasteiger partial charge in [0.05, 0.1) is 5.69 Å². The van der Waals surface area contributed by atoms with Crippen LogP contribution >= 0.6 is 11.3 Å². The van der Waals surface area contributed by atoms with Crippen LogP contribution in [0.4, 0.5) is 0 Å². The zero-order valence-electron chi connectivity index (χ0n) is 7.84. The second-order valence-electron chi connectivity index (χ2n) is 2.96. The highest BCUT2D eigenvalue weighted by molar-refractivity contribution is 7.07. The van der Waals surface area contributed by atoms with Crippen molar-refractivity contribution in [2.24, 2.45) is 18.0 Å². The summed E-state index contributed by atoms with van der Waals surface area (Å²) in [5.41, 5.74) is 2.32. The van der Waals surface area contributed by atoms with Crippen molar-refractivity contribution in [3.63, 3.8) is 0 Å². The fourth-order valence-electron chi connectivity index (χ4n) is 1.36. The average Bonchev–Trinajstić information content (AvgIpc) is 2.61. The van der Waals surface area contributed by atoms with E-state index in [1.165, 1.54) is 5.56 Å². The fourth-order valence-corrected chi connectivity index (χ4v) is 2.19. The lowest BCUT2D eigenvalue weighted by molar-refractivity contribution is 0.862. The van der Waals surface area contributed by atoms with Crippen LogP contribution in [-0.4, -0.2) is 4.57 Å². The molecule has 1 aromatic heterocycles. The number of aromatic nitrogens is 1. The van der Waals surface area contributed by atoms with E-state index >= 15 is 0 Å². The van der Waals surface area contributed by atoms with Crippen molar-refractivity contribution in [1.82, 2.24) is 4.57 Å². The molecule has 0 unspecified atom stereocenters. The molecule has 0 saturated carbocycles. The molecule has 4 heteroatoms. The van der Waals surface area contributed by atoms with Gasteiger partial charge in [-0.3, -0.25) is 0 Å². The molecule has 14 heavy (non-hydrogen) atoms. The number of nitrogens with zero attached hydrogens (tertiary/aromatic N) is 2. The van der Waals surface area contributed by atoms with E-state index in [1.807, 2.05) is 29.8 Å². The summed E-state index contributed by atoms with van der Waals surface area (Å²) < 4.78 is 1.99. The topological polar surface area (TPSA) is 43.3 Å². The van der Waals surface area contributed by atoms with Gasteiger partial charge in [-0.15, -0.1) is 11.3 Å². The molecule has 0 aliphatic carbocycles. The van der Waals surface area contributed by atoms with Gasteiger partial charge in [0.25, 0.3) is 0 Å². The van der Waals surface area contributed by atoms with Crippen molar-refractivity contribution in [1.29, 1.82) is 0 Å². The largest absolute Gasteiger partial charge is 0.320 e. The zero-order valence-corrected chi connectivity index (χ0v) is 8.66. The van der Waals surface area contributed by atoms with Crippen molar-refractivity contribution in [3.05, 3.63) is 40.5 Å². The SMILES string of the molecule is Cn1c(-c2ccccc2)cs/c1=N\N. The molecular formula is C10H11N3S. The molecule has 0 amide bonds. The Morgan fingerprint density at radius 3 is 2.57 bits per heavy atom. The van der Waals surface area contributed by atoms with E-state index in [2.05, 4.69) is 22.6 Å². The maximum atomic E-state index is 5.26. The van der Waals surface area contributed by atoms with Crippen LogP contribution in [0.25, 0.3) is 11.3 Å². The molecule has 2 rings (SSSR count). The maximum Gasteiger partial charge on any atom is 0.207 e. The summed E-state index contributed by atoms with van der Waals surface area (Å²) in [6.07, 6.45) is 0. The molecule has 0 aliphatic heterocycles. The Morgan fingerprint density at radius 2 is 2.00 bits per heavy atom. The predicted molar refractivity (Wildman–Crippen MR) is 58.5 cm³/mol. The Balaban J connectivity index is 2.59. The van der Waals surface area contributed by atoms with Crippen LogP contribution < -0.4 is 10.6 Å². The molecular weight excluding hydrogens is 194 g/mol. The van der Waals surface area contributed by atoms with Crippen molar-refractivity contribution >= 4 is 11.3 Å². The van der Waals surface area contributed by atoms with E-state index in [1.54, 1.807) is 11.3 Å². The van der Waals surface area contributed by atoms with Gasteiger partial charge in [-0.2, -0.15) is 5.10 Å². The van der Waals surface area contributed by atoms with E-state index in [0.29, 0.717) is 0 Å². The van der Waals surface area contributed by atoms with Crippen LogP contribution in [0.5, 0.6) is 0 Å². The number of hydrogen-bond donors (Lipinski definition) is 1. The van der Waals surface area contributed by atoms with Crippen LogP contribution in [-0.2, 0) is 7.05 Å². The van der Waals surface area contributed by atoms with Crippen molar-refractivity contribution in [2.75, 3.05) is 0 Å². The molecule has 0 atom stereocenters.